The molecule has 4 aromatic rings. The molecule has 0 amide bonds. The molecule has 0 fully saturated rings. The van der Waals surface area contributed by atoms with Crippen LogP contribution >= 0.6 is 11.8 Å². The molecule has 6 nitrogen and oxygen atoms in total. The maximum absolute atomic E-state index is 15.7. The topological polar surface area (TPSA) is 69.6 Å². The molecule has 1 aliphatic heterocycles. The van der Waals surface area contributed by atoms with Gasteiger partial charge >= 0.3 is 18.5 Å². The molecule has 1 aliphatic rings. The number of fused-ring (bicyclic) bond motifs is 1. The number of halogens is 8. The van der Waals surface area contributed by atoms with E-state index in [1.807, 2.05) is 0 Å². The number of alkyl halides is 6. The van der Waals surface area contributed by atoms with E-state index in [2.05, 4.69) is 10.1 Å². The van der Waals surface area contributed by atoms with Crippen molar-refractivity contribution in [3.05, 3.63) is 117 Å². The third-order valence-electron chi connectivity index (χ3n) is 8.45. The van der Waals surface area contributed by atoms with Crippen molar-refractivity contribution in [2.24, 2.45) is 0 Å². The quantitative estimate of drug-likeness (QED) is 0.0890. The van der Waals surface area contributed by atoms with Crippen molar-refractivity contribution in [2.45, 2.75) is 62.8 Å². The number of aromatic nitrogens is 1. The normalized spacial score (nSPS) is 15.1. The van der Waals surface area contributed by atoms with Crippen LogP contribution < -0.4 is 15.6 Å². The Morgan fingerprint density at radius 1 is 0.980 bits per heavy atom. The first-order valence-electron chi connectivity index (χ1n) is 15.9. The van der Waals surface area contributed by atoms with E-state index in [1.165, 1.54) is 23.3 Å². The lowest BCUT2D eigenvalue weighted by Gasteiger charge is -2.28. The fourth-order valence-electron chi connectivity index (χ4n) is 6.23. The Bertz CT molecular complexity index is 1950. The average molecular weight is 741 g/mol. The molecule has 2 unspecified atom stereocenters. The van der Waals surface area contributed by atoms with Gasteiger partial charge < -0.3 is 14.8 Å². The number of nitrogens with zero attached hydrogens (tertiary/aromatic N) is 1. The molecule has 5 rings (SSSR count). The summed E-state index contributed by atoms with van der Waals surface area (Å²) in [5.74, 6) is -3.43. The zero-order valence-corrected chi connectivity index (χ0v) is 28.1. The summed E-state index contributed by atoms with van der Waals surface area (Å²) in [6.45, 7) is 3.59. The lowest BCUT2D eigenvalue weighted by atomic mass is 9.91. The maximum Gasteiger partial charge on any atom is 0.573 e. The van der Waals surface area contributed by atoms with E-state index in [0.717, 1.165) is 35.9 Å². The fourth-order valence-corrected chi connectivity index (χ4v) is 7.66. The maximum atomic E-state index is 15.7. The first-order valence-corrected chi connectivity index (χ1v) is 16.8. The van der Waals surface area contributed by atoms with E-state index >= 15 is 8.78 Å². The van der Waals surface area contributed by atoms with Crippen LogP contribution in [0.1, 0.15) is 59.7 Å². The van der Waals surface area contributed by atoms with E-state index in [9.17, 15) is 35.9 Å². The Labute approximate surface area is 291 Å². The number of nitrogens with one attached hydrogen (secondary N) is 1. The van der Waals surface area contributed by atoms with E-state index in [0.29, 0.717) is 19.0 Å². The number of carbonyl (C=O) groups is 1. The molecule has 3 aromatic carbocycles. The molecule has 2 heterocycles. The molecule has 15 heteroatoms. The SMILES string of the molecule is CCOC(=O)CCCNC(c1ccccc1)C1CSc2c(Cc3c(F)cccc3C(F)(F)F)c(C)c(-c3ccc(OC(F)(F)F)cc3F)c(=O)n21. The minimum Gasteiger partial charge on any atom is -0.466 e. The summed E-state index contributed by atoms with van der Waals surface area (Å²) in [6, 6.07) is 12.4. The van der Waals surface area contributed by atoms with Gasteiger partial charge in [0.1, 0.15) is 17.4 Å². The highest BCUT2D eigenvalue weighted by atomic mass is 32.2. The van der Waals surface area contributed by atoms with Gasteiger partial charge in [-0.3, -0.25) is 14.2 Å². The summed E-state index contributed by atoms with van der Waals surface area (Å²) >= 11 is 1.17. The van der Waals surface area contributed by atoms with Crippen molar-refractivity contribution in [1.29, 1.82) is 0 Å². The van der Waals surface area contributed by atoms with Crippen LogP contribution in [0.2, 0.25) is 0 Å². The third kappa shape index (κ3) is 8.58. The number of carbonyl (C=O) groups excluding carboxylic acids is 1. The number of rotatable bonds is 12. The Hall–Kier alpha value is -4.37. The average Bonchev–Trinajstić information content (AvgIpc) is 3.49. The Kier molecular flexibility index (Phi) is 11.5. The molecule has 0 spiro atoms. The van der Waals surface area contributed by atoms with Gasteiger partial charge in [-0.05, 0) is 67.8 Å². The van der Waals surface area contributed by atoms with Gasteiger partial charge in [0.05, 0.1) is 34.8 Å². The molecule has 272 valence electrons. The smallest absolute Gasteiger partial charge is 0.466 e. The second-order valence-electron chi connectivity index (χ2n) is 11.7. The van der Waals surface area contributed by atoms with E-state index < -0.39 is 76.6 Å². The predicted octanol–water partition coefficient (Wildman–Crippen LogP) is 8.93. The van der Waals surface area contributed by atoms with Crippen LogP contribution in [0.3, 0.4) is 0 Å². The van der Waals surface area contributed by atoms with Gasteiger partial charge in [0.15, 0.2) is 0 Å². The summed E-state index contributed by atoms with van der Waals surface area (Å²) in [5, 5.41) is 3.62. The summed E-state index contributed by atoms with van der Waals surface area (Å²) in [5.41, 5.74) is -2.48. The van der Waals surface area contributed by atoms with E-state index in [-0.39, 0.29) is 40.5 Å². The monoisotopic (exact) mass is 740 g/mol. The molecule has 0 saturated carbocycles. The van der Waals surface area contributed by atoms with E-state index in [1.54, 1.807) is 37.3 Å². The van der Waals surface area contributed by atoms with Crippen LogP contribution in [0.4, 0.5) is 35.1 Å². The van der Waals surface area contributed by atoms with Gasteiger partial charge in [-0.1, -0.05) is 36.4 Å². The largest absolute Gasteiger partial charge is 0.573 e. The lowest BCUT2D eigenvalue weighted by molar-refractivity contribution is -0.274. The van der Waals surface area contributed by atoms with Crippen molar-refractivity contribution < 1.29 is 49.4 Å². The van der Waals surface area contributed by atoms with Gasteiger partial charge in [0, 0.05) is 35.8 Å². The molecule has 0 radical (unpaired) electrons. The molecule has 0 bridgehead atoms. The third-order valence-corrected chi connectivity index (χ3v) is 9.68. The van der Waals surface area contributed by atoms with Crippen LogP contribution in [-0.2, 0) is 22.1 Å². The van der Waals surface area contributed by atoms with E-state index in [4.69, 9.17) is 4.74 Å². The van der Waals surface area contributed by atoms with Gasteiger partial charge in [-0.25, -0.2) is 8.78 Å². The highest BCUT2D eigenvalue weighted by Crippen LogP contribution is 2.45. The number of esters is 1. The number of hydrogen-bond acceptors (Lipinski definition) is 6. The molecule has 1 aromatic heterocycles. The summed E-state index contributed by atoms with van der Waals surface area (Å²) in [6.07, 6.45) is -10.2. The zero-order chi connectivity index (χ0) is 37.1. The predicted molar refractivity (Wildman–Crippen MR) is 175 cm³/mol. The minimum atomic E-state index is -5.12. The minimum absolute atomic E-state index is 0.0397. The van der Waals surface area contributed by atoms with Crippen LogP contribution in [0.25, 0.3) is 11.1 Å². The zero-order valence-electron chi connectivity index (χ0n) is 27.3. The molecule has 0 saturated heterocycles. The fraction of sp³-hybridized carbons (Fsp3) is 0.333. The van der Waals surface area contributed by atoms with Crippen LogP contribution in [0, 0.1) is 18.6 Å². The molecule has 2 atom stereocenters. The van der Waals surface area contributed by atoms with Crippen LogP contribution in [0.15, 0.2) is 76.6 Å². The molecule has 1 N–H and O–H groups in total. The number of benzene rings is 3. The summed E-state index contributed by atoms with van der Waals surface area (Å²) in [7, 11) is 0. The van der Waals surface area contributed by atoms with Gasteiger partial charge in [0.25, 0.3) is 5.56 Å². The number of ether oxygens (including phenoxy) is 2. The Morgan fingerprint density at radius 2 is 1.71 bits per heavy atom. The second kappa shape index (κ2) is 15.5. The molecule has 0 aliphatic carbocycles. The van der Waals surface area contributed by atoms with Crippen molar-refractivity contribution in [3.8, 4) is 16.9 Å². The van der Waals surface area contributed by atoms with Gasteiger partial charge in [-0.2, -0.15) is 13.2 Å². The molecule has 51 heavy (non-hydrogen) atoms. The highest BCUT2D eigenvalue weighted by Gasteiger charge is 2.39. The standard InChI is InChI=1S/C36H32F8N2O4S/c1-3-49-30(47)13-8-16-45-32(21-9-5-4-6-10-21)29-19-51-34-24(18-25-26(35(39,40)41)11-7-12-27(25)37)20(2)31(33(48)46(29)34)23-15-14-22(17-28(23)38)50-36(42,43)44/h4-7,9-12,14-15,17,29,32,45H,3,8,13,16,18-19H2,1-2H3. The highest BCUT2D eigenvalue weighted by molar-refractivity contribution is 7.99. The summed E-state index contributed by atoms with van der Waals surface area (Å²) < 4.78 is 122. The number of thioether (sulfide) groups is 1. The van der Waals surface area contributed by atoms with Crippen LogP contribution in [0.5, 0.6) is 5.75 Å². The van der Waals surface area contributed by atoms with Gasteiger partial charge in [-0.15, -0.1) is 24.9 Å². The van der Waals surface area contributed by atoms with Crippen molar-refractivity contribution in [2.75, 3.05) is 18.9 Å². The van der Waals surface area contributed by atoms with Crippen LogP contribution in [-0.4, -0.2) is 35.8 Å². The molecular formula is C36H32F8N2O4S. The van der Waals surface area contributed by atoms with Crippen molar-refractivity contribution in [1.82, 2.24) is 9.88 Å². The summed E-state index contributed by atoms with van der Waals surface area (Å²) in [4.78, 5) is 26.5. The van der Waals surface area contributed by atoms with Crippen molar-refractivity contribution in [3.63, 3.8) is 0 Å². The first-order chi connectivity index (χ1) is 24.1. The first kappa shape index (κ1) is 37.9. The lowest BCUT2D eigenvalue weighted by Crippen LogP contribution is -2.36. The number of pyridine rings is 1. The Morgan fingerprint density at radius 3 is 2.35 bits per heavy atom. The van der Waals surface area contributed by atoms with Gasteiger partial charge in [0.2, 0.25) is 0 Å². The Balaban J connectivity index is 1.69. The molecular weight excluding hydrogens is 708 g/mol. The number of hydrogen-bond donors (Lipinski definition) is 1. The second-order valence-corrected chi connectivity index (χ2v) is 12.7. The van der Waals surface area contributed by atoms with Crippen molar-refractivity contribution >= 4 is 17.7 Å².